The number of hydrogen-bond donors (Lipinski definition) is 2. The number of anilines is 1. The van der Waals surface area contributed by atoms with E-state index in [0.717, 1.165) is 15.9 Å². The molecule has 0 radical (unpaired) electrons. The Kier molecular flexibility index (Phi) is 5.46. The van der Waals surface area contributed by atoms with Gasteiger partial charge in [0.25, 0.3) is 5.91 Å². The number of hydrogen-bond acceptors (Lipinski definition) is 7. The molecule has 9 nitrogen and oxygen atoms in total. The monoisotopic (exact) mass is 478 g/mol. The van der Waals surface area contributed by atoms with Crippen molar-refractivity contribution in [2.75, 3.05) is 19.5 Å². The molecule has 3 heterocycles. The second-order valence-electron chi connectivity index (χ2n) is 7.33. The van der Waals surface area contributed by atoms with Gasteiger partial charge in [-0.2, -0.15) is 10.1 Å². The fourth-order valence-electron chi connectivity index (χ4n) is 3.51. The lowest BCUT2D eigenvalue weighted by atomic mass is 10.2. The number of carbonyl (C=O) groups is 1. The highest BCUT2D eigenvalue weighted by Crippen LogP contribution is 2.33. The number of fused-ring (bicyclic) bond motifs is 1. The van der Waals surface area contributed by atoms with Crippen molar-refractivity contribution in [3.05, 3.63) is 64.9 Å². The third kappa shape index (κ3) is 3.86. The molecule has 2 N–H and O–H groups in total. The summed E-state index contributed by atoms with van der Waals surface area (Å²) < 4.78 is 25.6. The number of amides is 1. The summed E-state index contributed by atoms with van der Waals surface area (Å²) in [7, 11) is 3.12. The van der Waals surface area contributed by atoms with Crippen LogP contribution in [-0.2, 0) is 0 Å². The van der Waals surface area contributed by atoms with Gasteiger partial charge in [0.2, 0.25) is 5.95 Å². The van der Waals surface area contributed by atoms with Crippen molar-refractivity contribution in [3.8, 4) is 28.6 Å². The second-order valence-corrected chi connectivity index (χ2v) is 8.36. The van der Waals surface area contributed by atoms with E-state index in [1.165, 1.54) is 23.5 Å². The number of aryl methyl sites for hydroxylation is 1. The third-order valence-corrected chi connectivity index (χ3v) is 6.32. The second kappa shape index (κ2) is 8.60. The largest absolute Gasteiger partial charge is 0.497 e. The van der Waals surface area contributed by atoms with Crippen molar-refractivity contribution in [2.24, 2.45) is 0 Å². The molecule has 3 aromatic heterocycles. The Morgan fingerprint density at radius 3 is 2.65 bits per heavy atom. The Morgan fingerprint density at radius 1 is 1.12 bits per heavy atom. The van der Waals surface area contributed by atoms with Crippen molar-refractivity contribution in [1.29, 1.82) is 0 Å². The molecule has 172 valence electrons. The molecule has 2 aromatic carbocycles. The van der Waals surface area contributed by atoms with Crippen molar-refractivity contribution >= 4 is 33.4 Å². The molecule has 0 unspecified atom stereocenters. The Morgan fingerprint density at radius 2 is 1.91 bits per heavy atom. The molecule has 0 aliphatic rings. The van der Waals surface area contributed by atoms with Crippen LogP contribution < -0.4 is 14.8 Å². The summed E-state index contributed by atoms with van der Waals surface area (Å²) in [5.41, 5.74) is 2.15. The van der Waals surface area contributed by atoms with Gasteiger partial charge in [-0.1, -0.05) is 0 Å². The standard InChI is InChI=1S/C23H19FN6O3S/c1-12-17-11-19(34-22(17)30(29-12)14-6-4-13(24)5-7-14)21(31)26-23-25-20(27-28-23)16-9-8-15(32-2)10-18(16)33-3/h4-11H,1-3H3,(H2,25,26,27,28,31). The van der Waals surface area contributed by atoms with Gasteiger partial charge >= 0.3 is 0 Å². The van der Waals surface area contributed by atoms with Crippen molar-refractivity contribution in [3.63, 3.8) is 0 Å². The van der Waals surface area contributed by atoms with Crippen LogP contribution in [0.1, 0.15) is 15.4 Å². The minimum atomic E-state index is -0.349. The predicted molar refractivity (Wildman–Crippen MR) is 127 cm³/mol. The van der Waals surface area contributed by atoms with Gasteiger partial charge in [-0.15, -0.1) is 16.4 Å². The van der Waals surface area contributed by atoms with Crippen LogP contribution in [0, 0.1) is 12.7 Å². The summed E-state index contributed by atoms with van der Waals surface area (Å²) in [6.07, 6.45) is 0. The number of methoxy groups -OCH3 is 2. The quantitative estimate of drug-likeness (QED) is 0.370. The SMILES string of the molecule is COc1ccc(-c2nc(NC(=O)c3cc4c(C)nn(-c5ccc(F)cc5)c4s3)n[nH]2)c(OC)c1. The maximum Gasteiger partial charge on any atom is 0.268 e. The minimum absolute atomic E-state index is 0.132. The number of rotatable bonds is 6. The van der Waals surface area contributed by atoms with Crippen LogP contribution in [0.4, 0.5) is 10.3 Å². The summed E-state index contributed by atoms with van der Waals surface area (Å²) in [6.45, 7) is 1.86. The van der Waals surface area contributed by atoms with Crippen molar-refractivity contribution < 1.29 is 18.7 Å². The van der Waals surface area contributed by atoms with E-state index in [9.17, 15) is 9.18 Å². The molecule has 0 fully saturated rings. The number of carbonyl (C=O) groups excluding carboxylic acids is 1. The smallest absolute Gasteiger partial charge is 0.268 e. The van der Waals surface area contributed by atoms with E-state index in [1.807, 2.05) is 6.92 Å². The molecule has 1 amide bonds. The van der Waals surface area contributed by atoms with E-state index in [-0.39, 0.29) is 17.7 Å². The highest BCUT2D eigenvalue weighted by molar-refractivity contribution is 7.20. The lowest BCUT2D eigenvalue weighted by Crippen LogP contribution is -2.11. The van der Waals surface area contributed by atoms with E-state index in [0.29, 0.717) is 33.5 Å². The average Bonchev–Trinajstić information content (AvgIpc) is 3.56. The minimum Gasteiger partial charge on any atom is -0.497 e. The summed E-state index contributed by atoms with van der Waals surface area (Å²) in [6, 6.07) is 13.1. The maximum atomic E-state index is 13.3. The number of H-pyrrole nitrogens is 1. The molecule has 11 heteroatoms. The Hall–Kier alpha value is -4.25. The lowest BCUT2D eigenvalue weighted by Gasteiger charge is -2.07. The zero-order valence-electron chi connectivity index (χ0n) is 18.4. The van der Waals surface area contributed by atoms with Crippen LogP contribution in [0.2, 0.25) is 0 Å². The van der Waals surface area contributed by atoms with E-state index in [1.54, 1.807) is 55.3 Å². The van der Waals surface area contributed by atoms with E-state index < -0.39 is 0 Å². The molecular weight excluding hydrogens is 459 g/mol. The normalized spacial score (nSPS) is 11.1. The summed E-state index contributed by atoms with van der Waals surface area (Å²) in [4.78, 5) is 18.6. The predicted octanol–water partition coefficient (Wildman–Crippen LogP) is 4.59. The number of nitrogens with zero attached hydrogens (tertiary/aromatic N) is 4. The number of thiophene rings is 1. The molecule has 0 spiro atoms. The zero-order chi connectivity index (χ0) is 23.8. The first-order valence-electron chi connectivity index (χ1n) is 10.2. The van der Waals surface area contributed by atoms with E-state index in [4.69, 9.17) is 9.47 Å². The first-order chi connectivity index (χ1) is 16.5. The van der Waals surface area contributed by atoms with Gasteiger partial charge in [-0.25, -0.2) is 9.07 Å². The van der Waals surface area contributed by atoms with Crippen LogP contribution in [0.25, 0.3) is 27.3 Å². The fourth-order valence-corrected chi connectivity index (χ4v) is 4.59. The number of aromatic nitrogens is 5. The highest BCUT2D eigenvalue weighted by atomic mass is 32.1. The number of ether oxygens (including phenoxy) is 2. The van der Waals surface area contributed by atoms with Crippen molar-refractivity contribution in [1.82, 2.24) is 25.0 Å². The first kappa shape index (κ1) is 21.6. The first-order valence-corrected chi connectivity index (χ1v) is 11.0. The molecule has 0 atom stereocenters. The topological polar surface area (TPSA) is 107 Å². The molecular formula is C23H19FN6O3S. The van der Waals surface area contributed by atoms with Gasteiger partial charge in [0, 0.05) is 11.5 Å². The van der Waals surface area contributed by atoms with Crippen LogP contribution in [-0.4, -0.2) is 45.1 Å². The number of benzene rings is 2. The maximum absolute atomic E-state index is 13.3. The molecule has 5 rings (SSSR count). The van der Waals surface area contributed by atoms with E-state index >= 15 is 0 Å². The van der Waals surface area contributed by atoms with Gasteiger partial charge in [-0.05, 0) is 49.4 Å². The van der Waals surface area contributed by atoms with Gasteiger partial charge < -0.3 is 9.47 Å². The number of nitrogens with one attached hydrogen (secondary N) is 2. The fraction of sp³-hybridized carbons (Fsp3) is 0.130. The van der Waals surface area contributed by atoms with Crippen LogP contribution in [0.5, 0.6) is 11.5 Å². The van der Waals surface area contributed by atoms with Gasteiger partial charge in [0.05, 0.1) is 36.0 Å². The molecule has 0 aliphatic heterocycles. The Labute approximate surface area is 197 Å². The molecule has 0 bridgehead atoms. The third-order valence-electron chi connectivity index (χ3n) is 5.21. The molecule has 0 saturated carbocycles. The number of halogens is 1. The molecule has 34 heavy (non-hydrogen) atoms. The Bertz CT molecular complexity index is 1510. The summed E-state index contributed by atoms with van der Waals surface area (Å²) in [5.74, 6) is 1.10. The number of aromatic amines is 1. The summed E-state index contributed by atoms with van der Waals surface area (Å²) >= 11 is 1.28. The van der Waals surface area contributed by atoms with Gasteiger partial charge in [0.15, 0.2) is 5.82 Å². The highest BCUT2D eigenvalue weighted by Gasteiger charge is 2.19. The Balaban J connectivity index is 1.40. The van der Waals surface area contributed by atoms with Gasteiger partial charge in [0.1, 0.15) is 22.1 Å². The van der Waals surface area contributed by atoms with Crippen molar-refractivity contribution in [2.45, 2.75) is 6.92 Å². The van der Waals surface area contributed by atoms with E-state index in [2.05, 4.69) is 25.6 Å². The lowest BCUT2D eigenvalue weighted by molar-refractivity contribution is 0.102. The zero-order valence-corrected chi connectivity index (χ0v) is 19.2. The van der Waals surface area contributed by atoms with Crippen LogP contribution in [0.3, 0.4) is 0 Å². The molecule has 0 saturated heterocycles. The van der Waals surface area contributed by atoms with Crippen LogP contribution in [0.15, 0.2) is 48.5 Å². The molecule has 5 aromatic rings. The summed E-state index contributed by atoms with van der Waals surface area (Å²) in [5, 5.41) is 15.0. The molecule has 0 aliphatic carbocycles. The van der Waals surface area contributed by atoms with Crippen LogP contribution >= 0.6 is 11.3 Å². The van der Waals surface area contributed by atoms with Gasteiger partial charge in [-0.3, -0.25) is 15.2 Å². The average molecular weight is 479 g/mol.